The number of hydrogen-bond acceptors (Lipinski definition) is 3. The molecule has 2 aromatic carbocycles. The van der Waals surface area contributed by atoms with Crippen molar-refractivity contribution in [2.45, 2.75) is 6.54 Å². The number of amides is 1. The summed E-state index contributed by atoms with van der Waals surface area (Å²) in [7, 11) is 3.51. The highest BCUT2D eigenvalue weighted by molar-refractivity contribution is 5.96. The molecule has 22 heavy (non-hydrogen) atoms. The van der Waals surface area contributed by atoms with Crippen LogP contribution in [0.3, 0.4) is 0 Å². The molecule has 3 aromatic rings. The van der Waals surface area contributed by atoms with E-state index in [0.717, 1.165) is 16.6 Å². The molecule has 0 unspecified atom stereocenters. The van der Waals surface area contributed by atoms with Gasteiger partial charge in [0, 0.05) is 13.6 Å². The number of rotatable bonds is 4. The van der Waals surface area contributed by atoms with Crippen LogP contribution >= 0.6 is 0 Å². The normalized spacial score (nSPS) is 10.6. The Labute approximate surface area is 128 Å². The molecule has 0 radical (unpaired) electrons. The highest BCUT2D eigenvalue weighted by Gasteiger charge is 2.11. The maximum atomic E-state index is 12.3. The summed E-state index contributed by atoms with van der Waals surface area (Å²) in [6, 6.07) is 13.2. The molecule has 0 atom stereocenters. The fourth-order valence-electron chi connectivity index (χ4n) is 2.40. The predicted octanol–water partition coefficient (Wildman–Crippen LogP) is 2.51. The lowest BCUT2D eigenvalue weighted by Crippen LogP contribution is -2.23. The van der Waals surface area contributed by atoms with Crippen molar-refractivity contribution in [1.29, 1.82) is 0 Å². The maximum Gasteiger partial charge on any atom is 0.255 e. The molecule has 0 spiro atoms. The van der Waals surface area contributed by atoms with E-state index < -0.39 is 0 Å². The van der Waals surface area contributed by atoms with Gasteiger partial charge in [-0.3, -0.25) is 4.79 Å². The third kappa shape index (κ3) is 2.65. The van der Waals surface area contributed by atoms with E-state index in [4.69, 9.17) is 4.74 Å². The highest BCUT2D eigenvalue weighted by atomic mass is 16.5. The second kappa shape index (κ2) is 5.89. The van der Waals surface area contributed by atoms with Crippen molar-refractivity contribution < 1.29 is 9.53 Å². The molecule has 5 nitrogen and oxygen atoms in total. The molecule has 112 valence electrons. The number of imidazole rings is 1. The molecule has 1 heterocycles. The van der Waals surface area contributed by atoms with Crippen LogP contribution in [-0.4, -0.2) is 22.6 Å². The number of fused-ring (bicyclic) bond motifs is 1. The maximum absolute atomic E-state index is 12.3. The van der Waals surface area contributed by atoms with Crippen molar-refractivity contribution in [3.05, 3.63) is 59.9 Å². The molecule has 0 saturated carbocycles. The number of nitrogens with one attached hydrogen (secondary N) is 1. The number of nitrogens with zero attached hydrogens (tertiary/aromatic N) is 2. The molecule has 0 saturated heterocycles. The molecule has 5 heteroatoms. The largest absolute Gasteiger partial charge is 0.496 e. The number of ether oxygens (including phenoxy) is 1. The molecule has 0 aliphatic rings. The molecule has 0 aliphatic carbocycles. The predicted molar refractivity (Wildman–Crippen MR) is 84.9 cm³/mol. The molecule has 0 aliphatic heterocycles. The minimum absolute atomic E-state index is 0.154. The van der Waals surface area contributed by atoms with Gasteiger partial charge < -0.3 is 14.6 Å². The summed E-state index contributed by atoms with van der Waals surface area (Å²) in [4.78, 5) is 16.6. The minimum Gasteiger partial charge on any atom is -0.496 e. The van der Waals surface area contributed by atoms with Crippen molar-refractivity contribution in [2.24, 2.45) is 7.05 Å². The number of methoxy groups -OCH3 is 1. The fraction of sp³-hybridized carbons (Fsp3) is 0.176. The van der Waals surface area contributed by atoms with E-state index in [9.17, 15) is 4.79 Å². The van der Waals surface area contributed by atoms with Gasteiger partial charge in [-0.2, -0.15) is 0 Å². The second-order valence-corrected chi connectivity index (χ2v) is 5.06. The van der Waals surface area contributed by atoms with Crippen molar-refractivity contribution >= 4 is 16.9 Å². The molecule has 0 fully saturated rings. The van der Waals surface area contributed by atoms with E-state index in [0.29, 0.717) is 17.9 Å². The lowest BCUT2D eigenvalue weighted by atomic mass is 10.1. The van der Waals surface area contributed by atoms with Crippen molar-refractivity contribution in [3.8, 4) is 5.75 Å². The Morgan fingerprint density at radius 2 is 2.09 bits per heavy atom. The van der Waals surface area contributed by atoms with E-state index in [1.165, 1.54) is 0 Å². The third-order valence-electron chi connectivity index (χ3n) is 3.59. The second-order valence-electron chi connectivity index (χ2n) is 5.06. The van der Waals surface area contributed by atoms with Crippen LogP contribution in [0.4, 0.5) is 0 Å². The van der Waals surface area contributed by atoms with Gasteiger partial charge >= 0.3 is 0 Å². The molecule has 0 bridgehead atoms. The standard InChI is InChI=1S/C17H17N3O2/c1-20-11-19-14-9-12(7-8-15(14)20)10-18-17(21)13-5-3-4-6-16(13)22-2/h3-9,11H,10H2,1-2H3,(H,18,21). The number of para-hydroxylation sites is 1. The van der Waals surface area contributed by atoms with Crippen LogP contribution < -0.4 is 10.1 Å². The Morgan fingerprint density at radius 3 is 2.91 bits per heavy atom. The Hall–Kier alpha value is -2.82. The number of carbonyl (C=O) groups excluding carboxylic acids is 1. The van der Waals surface area contributed by atoms with Crippen LogP contribution in [0.25, 0.3) is 11.0 Å². The zero-order valence-corrected chi connectivity index (χ0v) is 12.5. The first-order valence-electron chi connectivity index (χ1n) is 7.00. The molecule has 3 rings (SSSR count). The van der Waals surface area contributed by atoms with Crippen LogP contribution in [-0.2, 0) is 13.6 Å². The number of aryl methyl sites for hydroxylation is 1. The van der Waals surface area contributed by atoms with Crippen LogP contribution in [0, 0.1) is 0 Å². The summed E-state index contributed by atoms with van der Waals surface area (Å²) in [5, 5.41) is 2.91. The van der Waals surface area contributed by atoms with E-state index in [-0.39, 0.29) is 5.91 Å². The average Bonchev–Trinajstić information content (AvgIpc) is 2.93. The summed E-state index contributed by atoms with van der Waals surface area (Å²) in [6.07, 6.45) is 1.78. The lowest BCUT2D eigenvalue weighted by molar-refractivity contribution is 0.0948. The Balaban J connectivity index is 1.74. The van der Waals surface area contributed by atoms with Gasteiger partial charge in [0.25, 0.3) is 5.91 Å². The van der Waals surface area contributed by atoms with E-state index in [2.05, 4.69) is 10.3 Å². The van der Waals surface area contributed by atoms with Crippen molar-refractivity contribution in [2.75, 3.05) is 7.11 Å². The van der Waals surface area contributed by atoms with E-state index in [1.807, 2.05) is 41.9 Å². The Kier molecular flexibility index (Phi) is 3.78. The van der Waals surface area contributed by atoms with Crippen LogP contribution in [0.5, 0.6) is 5.75 Å². The van der Waals surface area contributed by atoms with E-state index >= 15 is 0 Å². The number of carbonyl (C=O) groups is 1. The molecule has 1 N–H and O–H groups in total. The third-order valence-corrected chi connectivity index (χ3v) is 3.59. The van der Waals surface area contributed by atoms with Gasteiger partial charge in [0.2, 0.25) is 0 Å². The fourth-order valence-corrected chi connectivity index (χ4v) is 2.40. The first-order chi connectivity index (χ1) is 10.7. The quantitative estimate of drug-likeness (QED) is 0.804. The monoisotopic (exact) mass is 295 g/mol. The van der Waals surface area contributed by atoms with E-state index in [1.54, 1.807) is 25.6 Å². The summed E-state index contributed by atoms with van der Waals surface area (Å²) >= 11 is 0. The first-order valence-corrected chi connectivity index (χ1v) is 7.00. The molecule has 1 amide bonds. The topological polar surface area (TPSA) is 56.1 Å². The Bertz CT molecular complexity index is 824. The SMILES string of the molecule is COc1ccccc1C(=O)NCc1ccc2c(c1)ncn2C. The molecular weight excluding hydrogens is 278 g/mol. The zero-order valence-electron chi connectivity index (χ0n) is 12.5. The molecule has 1 aromatic heterocycles. The van der Waals surface area contributed by atoms with Gasteiger partial charge in [0.15, 0.2) is 0 Å². The first kappa shape index (κ1) is 14.1. The zero-order chi connectivity index (χ0) is 15.5. The lowest BCUT2D eigenvalue weighted by Gasteiger charge is -2.09. The number of aromatic nitrogens is 2. The smallest absolute Gasteiger partial charge is 0.255 e. The van der Waals surface area contributed by atoms with Gasteiger partial charge in [-0.05, 0) is 29.8 Å². The summed E-state index contributed by atoms with van der Waals surface area (Å²) in [5.41, 5.74) is 3.53. The van der Waals surface area contributed by atoms with Crippen LogP contribution in [0.2, 0.25) is 0 Å². The summed E-state index contributed by atoms with van der Waals surface area (Å²) < 4.78 is 7.17. The summed E-state index contributed by atoms with van der Waals surface area (Å²) in [5.74, 6) is 0.416. The Morgan fingerprint density at radius 1 is 1.27 bits per heavy atom. The molecular formula is C17H17N3O2. The van der Waals surface area contributed by atoms with Gasteiger partial charge in [0.1, 0.15) is 5.75 Å². The number of benzene rings is 2. The number of hydrogen-bond donors (Lipinski definition) is 1. The van der Waals surface area contributed by atoms with Gasteiger partial charge in [0.05, 0.1) is 30.0 Å². The van der Waals surface area contributed by atoms with Gasteiger partial charge in [-0.25, -0.2) is 4.98 Å². The highest BCUT2D eigenvalue weighted by Crippen LogP contribution is 2.17. The average molecular weight is 295 g/mol. The van der Waals surface area contributed by atoms with Crippen molar-refractivity contribution in [3.63, 3.8) is 0 Å². The summed E-state index contributed by atoms with van der Waals surface area (Å²) in [6.45, 7) is 0.448. The minimum atomic E-state index is -0.154. The van der Waals surface area contributed by atoms with Gasteiger partial charge in [-0.15, -0.1) is 0 Å². The van der Waals surface area contributed by atoms with Crippen molar-refractivity contribution in [1.82, 2.24) is 14.9 Å². The van der Waals surface area contributed by atoms with Gasteiger partial charge in [-0.1, -0.05) is 18.2 Å². The van der Waals surface area contributed by atoms with Crippen LogP contribution in [0.1, 0.15) is 15.9 Å². The van der Waals surface area contributed by atoms with Crippen LogP contribution in [0.15, 0.2) is 48.8 Å².